The number of nitrogens with two attached hydrogens (primary N) is 1. The van der Waals surface area contributed by atoms with E-state index < -0.39 is 10.0 Å². The first-order chi connectivity index (χ1) is 12.2. The molecule has 0 heterocycles. The molecule has 146 valence electrons. The molecule has 26 heavy (non-hydrogen) atoms. The Morgan fingerprint density at radius 1 is 1.23 bits per heavy atom. The van der Waals surface area contributed by atoms with Crippen molar-refractivity contribution < 1.29 is 8.42 Å². The third-order valence-electron chi connectivity index (χ3n) is 4.90. The Morgan fingerprint density at radius 3 is 2.35 bits per heavy atom. The van der Waals surface area contributed by atoms with Crippen LogP contribution < -0.4 is 15.8 Å². The molecule has 0 spiro atoms. The maximum absolute atomic E-state index is 11.3. The van der Waals surface area contributed by atoms with Gasteiger partial charge in [0.15, 0.2) is 5.96 Å². The highest BCUT2D eigenvalue weighted by Gasteiger charge is 2.37. The maximum atomic E-state index is 11.3. The van der Waals surface area contributed by atoms with Crippen molar-refractivity contribution in [2.45, 2.75) is 57.9 Å². The lowest BCUT2D eigenvalue weighted by molar-refractivity contribution is 0.104. The summed E-state index contributed by atoms with van der Waals surface area (Å²) in [7, 11) is -3.65. The minimum Gasteiger partial charge on any atom is -0.357 e. The first kappa shape index (κ1) is 20.7. The Morgan fingerprint density at radius 2 is 1.88 bits per heavy atom. The quantitative estimate of drug-likeness (QED) is 0.477. The van der Waals surface area contributed by atoms with Crippen LogP contribution in [0.25, 0.3) is 0 Å². The molecule has 1 aromatic rings. The van der Waals surface area contributed by atoms with Crippen molar-refractivity contribution in [2.75, 3.05) is 13.1 Å². The number of rotatable bonds is 8. The molecule has 1 fully saturated rings. The lowest BCUT2D eigenvalue weighted by atomic mass is 9.64. The number of nitrogens with one attached hydrogen (secondary N) is 2. The van der Waals surface area contributed by atoms with Gasteiger partial charge in [-0.3, -0.25) is 0 Å². The zero-order valence-electron chi connectivity index (χ0n) is 16.1. The van der Waals surface area contributed by atoms with E-state index in [0.29, 0.717) is 17.9 Å². The molecule has 1 aliphatic rings. The zero-order chi connectivity index (χ0) is 19.2. The van der Waals surface area contributed by atoms with Crippen molar-refractivity contribution in [3.63, 3.8) is 0 Å². The summed E-state index contributed by atoms with van der Waals surface area (Å²) in [5, 5.41) is 11.9. The molecule has 6 nitrogen and oxygen atoms in total. The fourth-order valence-corrected chi connectivity index (χ4v) is 4.08. The van der Waals surface area contributed by atoms with E-state index in [2.05, 4.69) is 29.5 Å². The number of aliphatic imine (C=N–C) groups is 1. The van der Waals surface area contributed by atoms with Gasteiger partial charge in [0.2, 0.25) is 10.0 Å². The minimum absolute atomic E-state index is 0.121. The Balaban J connectivity index is 1.98. The third-order valence-corrected chi connectivity index (χ3v) is 5.83. The van der Waals surface area contributed by atoms with Crippen molar-refractivity contribution >= 4 is 16.0 Å². The van der Waals surface area contributed by atoms with Crippen molar-refractivity contribution in [3.05, 3.63) is 29.8 Å². The van der Waals surface area contributed by atoms with Gasteiger partial charge in [-0.1, -0.05) is 32.4 Å². The minimum atomic E-state index is -3.65. The summed E-state index contributed by atoms with van der Waals surface area (Å²) in [5.41, 5.74) is 1.34. The highest BCUT2D eigenvalue weighted by molar-refractivity contribution is 7.89. The molecule has 0 bridgehead atoms. The second-order valence-electron chi connectivity index (χ2n) is 7.69. The average molecular weight is 381 g/mol. The third kappa shape index (κ3) is 5.99. The number of hydrogen-bond acceptors (Lipinski definition) is 3. The molecule has 2 rings (SSSR count). The van der Waals surface area contributed by atoms with E-state index in [-0.39, 0.29) is 4.90 Å². The molecule has 0 radical (unpaired) electrons. The fraction of sp³-hybridized carbons (Fsp3) is 0.632. The summed E-state index contributed by atoms with van der Waals surface area (Å²) in [4.78, 5) is 4.75. The Hall–Kier alpha value is -1.60. The predicted octanol–water partition coefficient (Wildman–Crippen LogP) is 2.61. The molecule has 7 heteroatoms. The van der Waals surface area contributed by atoms with Gasteiger partial charge in [-0.2, -0.15) is 0 Å². The van der Waals surface area contributed by atoms with Gasteiger partial charge >= 0.3 is 0 Å². The summed E-state index contributed by atoms with van der Waals surface area (Å²) in [5.74, 6) is 1.51. The number of benzene rings is 1. The van der Waals surface area contributed by atoms with Crippen LogP contribution in [-0.2, 0) is 16.6 Å². The Kier molecular flexibility index (Phi) is 7.06. The lowest BCUT2D eigenvalue weighted by Crippen LogP contribution is -2.47. The monoisotopic (exact) mass is 380 g/mol. The van der Waals surface area contributed by atoms with Crippen molar-refractivity contribution in [2.24, 2.45) is 21.5 Å². The molecular weight excluding hydrogens is 348 g/mol. The fourth-order valence-electron chi connectivity index (χ4n) is 3.56. The van der Waals surface area contributed by atoms with E-state index in [9.17, 15) is 8.42 Å². The normalized spacial score (nSPS) is 17.0. The van der Waals surface area contributed by atoms with Crippen molar-refractivity contribution in [1.82, 2.24) is 10.6 Å². The van der Waals surface area contributed by atoms with Crippen LogP contribution >= 0.6 is 0 Å². The van der Waals surface area contributed by atoms with Gasteiger partial charge in [0.1, 0.15) is 0 Å². The molecule has 0 amide bonds. The zero-order valence-corrected chi connectivity index (χ0v) is 16.9. The summed E-state index contributed by atoms with van der Waals surface area (Å²) in [6, 6.07) is 6.54. The van der Waals surface area contributed by atoms with Gasteiger partial charge in [-0.15, -0.1) is 0 Å². The van der Waals surface area contributed by atoms with Crippen molar-refractivity contribution in [1.29, 1.82) is 0 Å². The molecule has 4 N–H and O–H groups in total. The molecule has 1 aliphatic carbocycles. The van der Waals surface area contributed by atoms with Crippen LogP contribution in [0.15, 0.2) is 34.2 Å². The summed E-state index contributed by atoms with van der Waals surface area (Å²) in [6.07, 6.45) is 5.13. The molecule has 0 atom stereocenters. The van der Waals surface area contributed by atoms with Crippen LogP contribution in [0.1, 0.15) is 52.0 Å². The van der Waals surface area contributed by atoms with Gasteiger partial charge in [0.25, 0.3) is 0 Å². The molecule has 0 aliphatic heterocycles. The molecule has 1 aromatic carbocycles. The molecular formula is C19H32N4O2S. The van der Waals surface area contributed by atoms with Gasteiger partial charge in [-0.05, 0) is 55.2 Å². The highest BCUT2D eigenvalue weighted by atomic mass is 32.2. The van der Waals surface area contributed by atoms with E-state index >= 15 is 0 Å². The van der Waals surface area contributed by atoms with E-state index in [1.807, 2.05) is 6.92 Å². The molecule has 1 saturated carbocycles. The second-order valence-corrected chi connectivity index (χ2v) is 9.25. The molecule has 0 aromatic heterocycles. The number of guanidine groups is 1. The topological polar surface area (TPSA) is 96.6 Å². The van der Waals surface area contributed by atoms with E-state index in [4.69, 9.17) is 5.14 Å². The van der Waals surface area contributed by atoms with Gasteiger partial charge in [0.05, 0.1) is 11.4 Å². The molecule has 0 saturated heterocycles. The first-order valence-corrected chi connectivity index (χ1v) is 10.9. The van der Waals surface area contributed by atoms with Gasteiger partial charge in [0, 0.05) is 13.1 Å². The van der Waals surface area contributed by atoms with Crippen LogP contribution in [0.4, 0.5) is 0 Å². The van der Waals surface area contributed by atoms with Crippen LogP contribution in [0.2, 0.25) is 0 Å². The van der Waals surface area contributed by atoms with Crippen LogP contribution in [-0.4, -0.2) is 27.5 Å². The largest absolute Gasteiger partial charge is 0.357 e. The Labute approximate surface area is 157 Å². The smallest absolute Gasteiger partial charge is 0.238 e. The van der Waals surface area contributed by atoms with Gasteiger partial charge < -0.3 is 10.6 Å². The van der Waals surface area contributed by atoms with E-state index in [1.54, 1.807) is 12.1 Å². The summed E-state index contributed by atoms with van der Waals surface area (Å²) >= 11 is 0. The first-order valence-electron chi connectivity index (χ1n) is 9.38. The number of nitrogens with zero attached hydrogens (tertiary/aromatic N) is 1. The average Bonchev–Trinajstić information content (AvgIpc) is 2.53. The predicted molar refractivity (Wildman–Crippen MR) is 106 cm³/mol. The van der Waals surface area contributed by atoms with Crippen LogP contribution in [0.5, 0.6) is 0 Å². The van der Waals surface area contributed by atoms with Crippen LogP contribution in [0, 0.1) is 11.3 Å². The standard InChI is InChI=1S/C19H32N4O2S/c1-4-21-18(23-14-19(10-5-11-19)12-15(2)3)22-13-16-6-8-17(9-7-16)26(20,24)25/h6-9,15H,4-5,10-14H2,1-3H3,(H2,20,24,25)(H2,21,22,23). The van der Waals surface area contributed by atoms with Crippen LogP contribution in [0.3, 0.4) is 0 Å². The lowest BCUT2D eigenvalue weighted by Gasteiger charge is -2.43. The molecule has 0 unspecified atom stereocenters. The highest BCUT2D eigenvalue weighted by Crippen LogP contribution is 2.45. The number of hydrogen-bond donors (Lipinski definition) is 3. The number of primary sulfonamides is 1. The van der Waals surface area contributed by atoms with E-state index in [1.165, 1.54) is 37.8 Å². The maximum Gasteiger partial charge on any atom is 0.238 e. The Bertz CT molecular complexity index is 708. The van der Waals surface area contributed by atoms with Gasteiger partial charge in [-0.25, -0.2) is 18.5 Å². The summed E-state index contributed by atoms with van der Waals surface area (Å²) < 4.78 is 22.6. The number of sulfonamides is 1. The van der Waals surface area contributed by atoms with Crippen molar-refractivity contribution in [3.8, 4) is 0 Å². The van der Waals surface area contributed by atoms with E-state index in [0.717, 1.165) is 24.6 Å². The SMILES string of the molecule is CCNC(=NCc1ccc(S(N)(=O)=O)cc1)NCC1(CC(C)C)CCC1. The summed E-state index contributed by atoms with van der Waals surface area (Å²) in [6.45, 7) is 8.84. The second kappa shape index (κ2) is 8.86.